The Kier molecular flexibility index (Phi) is 5.55. The number of aromatic nitrogens is 4. The molecule has 0 atom stereocenters. The van der Waals surface area contributed by atoms with Crippen LogP contribution in [0.3, 0.4) is 0 Å². The van der Waals surface area contributed by atoms with Gasteiger partial charge in [-0.3, -0.25) is 9.36 Å². The van der Waals surface area contributed by atoms with E-state index in [0.717, 1.165) is 6.42 Å². The van der Waals surface area contributed by atoms with Crippen molar-refractivity contribution in [3.05, 3.63) is 51.8 Å². The fourth-order valence-corrected chi connectivity index (χ4v) is 3.04. The van der Waals surface area contributed by atoms with Gasteiger partial charge in [-0.25, -0.2) is 9.97 Å². The van der Waals surface area contributed by atoms with Gasteiger partial charge in [-0.1, -0.05) is 18.5 Å². The molecule has 0 aliphatic heterocycles. The maximum absolute atomic E-state index is 13.0. The van der Waals surface area contributed by atoms with E-state index in [4.69, 9.17) is 11.6 Å². The fourth-order valence-electron chi connectivity index (χ4n) is 2.91. The number of alkyl halides is 3. The molecule has 3 rings (SSSR count). The van der Waals surface area contributed by atoms with Gasteiger partial charge in [0.2, 0.25) is 0 Å². The molecule has 1 aromatic carbocycles. The monoisotopic (exact) mass is 398 g/mol. The number of halogens is 4. The van der Waals surface area contributed by atoms with Gasteiger partial charge in [-0.2, -0.15) is 13.2 Å². The van der Waals surface area contributed by atoms with E-state index in [0.29, 0.717) is 22.9 Å². The number of hydrogen-bond acceptors (Lipinski definition) is 3. The first-order chi connectivity index (χ1) is 12.8. The van der Waals surface area contributed by atoms with Crippen molar-refractivity contribution in [3.8, 4) is 5.69 Å². The van der Waals surface area contributed by atoms with Crippen LogP contribution in [0.15, 0.2) is 35.4 Å². The summed E-state index contributed by atoms with van der Waals surface area (Å²) in [6.07, 6.45) is -2.97. The van der Waals surface area contributed by atoms with Crippen LogP contribution in [0.1, 0.15) is 32.0 Å². The lowest BCUT2D eigenvalue weighted by Gasteiger charge is -2.13. The van der Waals surface area contributed by atoms with Crippen LogP contribution in [0, 0.1) is 0 Å². The predicted octanol–water partition coefficient (Wildman–Crippen LogP) is 4.53. The summed E-state index contributed by atoms with van der Waals surface area (Å²) in [7, 11) is 0. The minimum absolute atomic E-state index is 0.0185. The van der Waals surface area contributed by atoms with Crippen molar-refractivity contribution in [2.75, 3.05) is 0 Å². The summed E-state index contributed by atoms with van der Waals surface area (Å²) in [5, 5.41) is 0.492. The van der Waals surface area contributed by atoms with E-state index in [1.54, 1.807) is 28.8 Å². The van der Waals surface area contributed by atoms with Crippen molar-refractivity contribution in [2.45, 2.75) is 45.3 Å². The standard InChI is InChI=1S/C18H18ClF3N4O/c1-2-10-25-11-23-15-16(25)24-14(4-3-9-18(20,21)22)26(17(15)27)13-7-5-12(19)6-8-13/h5-8,11H,2-4,9-10H2,1H3. The third-order valence-electron chi connectivity index (χ3n) is 4.12. The molecule has 0 bridgehead atoms. The summed E-state index contributed by atoms with van der Waals surface area (Å²) in [4.78, 5) is 21.7. The van der Waals surface area contributed by atoms with E-state index in [1.165, 1.54) is 10.9 Å². The Balaban J connectivity index is 2.12. The Hall–Kier alpha value is -2.35. The van der Waals surface area contributed by atoms with Crippen LogP contribution in [0.2, 0.25) is 5.02 Å². The smallest absolute Gasteiger partial charge is 0.315 e. The quantitative estimate of drug-likeness (QED) is 0.613. The molecule has 0 amide bonds. The lowest BCUT2D eigenvalue weighted by molar-refractivity contribution is -0.135. The summed E-state index contributed by atoms with van der Waals surface area (Å²) in [5.41, 5.74) is 0.678. The van der Waals surface area contributed by atoms with Crippen LogP contribution in [-0.2, 0) is 13.0 Å². The molecule has 0 spiro atoms. The van der Waals surface area contributed by atoms with E-state index >= 15 is 0 Å². The van der Waals surface area contributed by atoms with Crippen molar-refractivity contribution < 1.29 is 13.2 Å². The van der Waals surface area contributed by atoms with Gasteiger partial charge in [0.1, 0.15) is 5.82 Å². The Labute approximate surface area is 158 Å². The van der Waals surface area contributed by atoms with Crippen LogP contribution < -0.4 is 5.56 Å². The first-order valence-electron chi connectivity index (χ1n) is 8.59. The Morgan fingerprint density at radius 1 is 1.19 bits per heavy atom. The third-order valence-corrected chi connectivity index (χ3v) is 4.37. The molecule has 0 saturated carbocycles. The number of fused-ring (bicyclic) bond motifs is 1. The van der Waals surface area contributed by atoms with Gasteiger partial charge >= 0.3 is 6.18 Å². The van der Waals surface area contributed by atoms with E-state index in [2.05, 4.69) is 9.97 Å². The lowest BCUT2D eigenvalue weighted by atomic mass is 10.2. The van der Waals surface area contributed by atoms with Crippen LogP contribution >= 0.6 is 11.6 Å². The molecule has 0 saturated heterocycles. The van der Waals surface area contributed by atoms with E-state index < -0.39 is 18.2 Å². The van der Waals surface area contributed by atoms with Gasteiger partial charge in [0.15, 0.2) is 11.2 Å². The minimum Gasteiger partial charge on any atom is -0.315 e. The second-order valence-corrected chi connectivity index (χ2v) is 6.66. The van der Waals surface area contributed by atoms with Crippen LogP contribution in [0.5, 0.6) is 0 Å². The molecule has 2 aromatic heterocycles. The first-order valence-corrected chi connectivity index (χ1v) is 8.97. The number of nitrogens with zero attached hydrogens (tertiary/aromatic N) is 4. The minimum atomic E-state index is -4.25. The topological polar surface area (TPSA) is 52.7 Å². The molecule has 144 valence electrons. The fraction of sp³-hybridized carbons (Fsp3) is 0.389. The van der Waals surface area contributed by atoms with Gasteiger partial charge in [-0.15, -0.1) is 0 Å². The van der Waals surface area contributed by atoms with Crippen LogP contribution in [-0.4, -0.2) is 25.3 Å². The maximum Gasteiger partial charge on any atom is 0.389 e. The largest absolute Gasteiger partial charge is 0.389 e. The summed E-state index contributed by atoms with van der Waals surface area (Å²) in [6, 6.07) is 6.49. The van der Waals surface area contributed by atoms with Crippen molar-refractivity contribution in [2.24, 2.45) is 0 Å². The van der Waals surface area contributed by atoms with Gasteiger partial charge in [0, 0.05) is 24.4 Å². The van der Waals surface area contributed by atoms with E-state index in [9.17, 15) is 18.0 Å². The molecule has 2 heterocycles. The average molecular weight is 399 g/mol. The molecule has 27 heavy (non-hydrogen) atoms. The molecule has 0 radical (unpaired) electrons. The number of hydrogen-bond donors (Lipinski definition) is 0. The average Bonchev–Trinajstić information content (AvgIpc) is 2.99. The number of benzene rings is 1. The van der Waals surface area contributed by atoms with Gasteiger partial charge in [0.05, 0.1) is 12.0 Å². The normalized spacial score (nSPS) is 12.0. The molecule has 0 aliphatic carbocycles. The molecule has 5 nitrogen and oxygen atoms in total. The second kappa shape index (κ2) is 7.72. The highest BCUT2D eigenvalue weighted by Crippen LogP contribution is 2.23. The van der Waals surface area contributed by atoms with Gasteiger partial charge < -0.3 is 4.57 Å². The molecule has 0 fully saturated rings. The Bertz CT molecular complexity index is 993. The molecule has 0 N–H and O–H groups in total. The van der Waals surface area contributed by atoms with Crippen molar-refractivity contribution in [1.82, 2.24) is 19.1 Å². The Morgan fingerprint density at radius 2 is 1.89 bits per heavy atom. The summed E-state index contributed by atoms with van der Waals surface area (Å²) < 4.78 is 40.7. The zero-order chi connectivity index (χ0) is 19.6. The molecular formula is C18H18ClF3N4O. The zero-order valence-corrected chi connectivity index (χ0v) is 15.4. The van der Waals surface area contributed by atoms with Crippen molar-refractivity contribution in [1.29, 1.82) is 0 Å². The van der Waals surface area contributed by atoms with E-state index in [-0.39, 0.29) is 24.2 Å². The second-order valence-electron chi connectivity index (χ2n) is 6.22. The number of imidazole rings is 1. The van der Waals surface area contributed by atoms with Crippen LogP contribution in [0.25, 0.3) is 16.9 Å². The maximum atomic E-state index is 13.0. The molecule has 0 aliphatic rings. The van der Waals surface area contributed by atoms with Crippen LogP contribution in [0.4, 0.5) is 13.2 Å². The molecular weight excluding hydrogens is 381 g/mol. The van der Waals surface area contributed by atoms with Gasteiger partial charge in [0.25, 0.3) is 5.56 Å². The first kappa shape index (κ1) is 19.4. The number of rotatable bonds is 6. The third kappa shape index (κ3) is 4.32. The van der Waals surface area contributed by atoms with Crippen molar-refractivity contribution in [3.63, 3.8) is 0 Å². The highest BCUT2D eigenvalue weighted by Gasteiger charge is 2.27. The molecule has 9 heteroatoms. The summed E-state index contributed by atoms with van der Waals surface area (Å²) >= 11 is 5.90. The van der Waals surface area contributed by atoms with Gasteiger partial charge in [-0.05, 0) is 37.1 Å². The summed E-state index contributed by atoms with van der Waals surface area (Å²) in [5.74, 6) is 0.275. The highest BCUT2D eigenvalue weighted by atomic mass is 35.5. The SMILES string of the molecule is CCCn1cnc2c(=O)n(-c3ccc(Cl)cc3)c(CCCC(F)(F)F)nc21. The van der Waals surface area contributed by atoms with Crippen molar-refractivity contribution >= 4 is 22.8 Å². The molecule has 3 aromatic rings. The molecule has 0 unspecified atom stereocenters. The lowest BCUT2D eigenvalue weighted by Crippen LogP contribution is -2.25. The Morgan fingerprint density at radius 3 is 2.52 bits per heavy atom. The summed E-state index contributed by atoms with van der Waals surface area (Å²) in [6.45, 7) is 2.60. The predicted molar refractivity (Wildman–Crippen MR) is 97.4 cm³/mol. The highest BCUT2D eigenvalue weighted by molar-refractivity contribution is 6.30. The zero-order valence-electron chi connectivity index (χ0n) is 14.6. The number of aryl methyl sites for hydroxylation is 2. The van der Waals surface area contributed by atoms with E-state index in [1.807, 2.05) is 6.92 Å².